The Morgan fingerprint density at radius 2 is 1.94 bits per heavy atom. The van der Waals surface area contributed by atoms with Gasteiger partial charge in [-0.2, -0.15) is 17.0 Å². The third kappa shape index (κ3) is 4.16. The van der Waals surface area contributed by atoms with Crippen LogP contribution in [0, 0.1) is 12.3 Å². The Hall–Kier alpha value is -2.74. The summed E-state index contributed by atoms with van der Waals surface area (Å²) in [6, 6.07) is 10.7. The number of hydrogen-bond donors (Lipinski definition) is 1. The topological polar surface area (TPSA) is 133 Å². The van der Waals surface area contributed by atoms with Crippen molar-refractivity contribution in [3.63, 3.8) is 0 Å². The molecule has 3 aromatic rings. The Balaban J connectivity index is 1.82. The average molecular weight is 495 g/mol. The van der Waals surface area contributed by atoms with E-state index in [1.165, 1.54) is 26.9 Å². The van der Waals surface area contributed by atoms with Crippen LogP contribution in [0.2, 0.25) is 0 Å². The fraction of sp³-hybridized carbons (Fsp3) is 0.400. The van der Waals surface area contributed by atoms with E-state index in [9.17, 15) is 16.8 Å². The summed E-state index contributed by atoms with van der Waals surface area (Å²) in [6.45, 7) is 3.61. The molecule has 1 N–H and O–H groups in total. The molecule has 0 radical (unpaired) electrons. The van der Waals surface area contributed by atoms with E-state index in [4.69, 9.17) is 9.93 Å². The van der Waals surface area contributed by atoms with Crippen LogP contribution in [0.3, 0.4) is 0 Å². The first-order chi connectivity index (χ1) is 15.6. The Morgan fingerprint density at radius 3 is 2.61 bits per heavy atom. The highest BCUT2D eigenvalue weighted by molar-refractivity contribution is 7.92. The maximum atomic E-state index is 13.9. The third-order valence-corrected chi connectivity index (χ3v) is 9.92. The predicted octanol–water partition coefficient (Wildman–Crippen LogP) is -0.285. The number of benzene rings is 2. The lowest BCUT2D eigenvalue weighted by Gasteiger charge is -2.41. The molecule has 0 aliphatic carbocycles. The lowest BCUT2D eigenvalue weighted by Crippen LogP contribution is -2.73. The molecule has 0 spiro atoms. The number of nitrogens with one attached hydrogen (secondary N) is 1. The van der Waals surface area contributed by atoms with E-state index in [0.29, 0.717) is 0 Å². The molecule has 11 nitrogen and oxygen atoms in total. The number of rotatable bonds is 6. The molecule has 0 bridgehead atoms. The molecule has 13 heteroatoms. The maximum absolute atomic E-state index is 13.9. The van der Waals surface area contributed by atoms with Crippen LogP contribution in [0.25, 0.3) is 10.8 Å². The van der Waals surface area contributed by atoms with Gasteiger partial charge in [0, 0.05) is 33.2 Å². The zero-order valence-electron chi connectivity index (χ0n) is 18.5. The highest BCUT2D eigenvalue weighted by atomic mass is 32.2. The number of nitrogens with zero attached hydrogens (tertiary/aromatic N) is 5. The number of aromatic nitrogens is 2. The van der Waals surface area contributed by atoms with E-state index in [1.807, 2.05) is 31.2 Å². The first kappa shape index (κ1) is 23.4. The van der Waals surface area contributed by atoms with Crippen molar-refractivity contribution >= 4 is 30.8 Å². The summed E-state index contributed by atoms with van der Waals surface area (Å²) >= 11 is 0. The Morgan fingerprint density at radius 1 is 1.21 bits per heavy atom. The summed E-state index contributed by atoms with van der Waals surface area (Å²) in [5, 5.41) is 13.2. The average Bonchev–Trinajstić information content (AvgIpc) is 3.24. The van der Waals surface area contributed by atoms with Gasteiger partial charge in [0.1, 0.15) is 5.37 Å². The molecule has 2 heterocycles. The molecule has 0 saturated carbocycles. The number of hydrogen-bond acceptors (Lipinski definition) is 7. The second-order valence-electron chi connectivity index (χ2n) is 7.89. The molecule has 33 heavy (non-hydrogen) atoms. The van der Waals surface area contributed by atoms with Crippen molar-refractivity contribution in [2.75, 3.05) is 38.2 Å². The minimum Gasteiger partial charge on any atom is -0.380 e. The van der Waals surface area contributed by atoms with E-state index < -0.39 is 25.4 Å². The summed E-state index contributed by atoms with van der Waals surface area (Å²) in [5.41, 5.74) is 0.556. The van der Waals surface area contributed by atoms with Gasteiger partial charge in [0.05, 0.1) is 4.90 Å². The fourth-order valence-electron chi connectivity index (χ4n) is 3.93. The zero-order chi connectivity index (χ0) is 24.0. The molecule has 1 aromatic heterocycles. The van der Waals surface area contributed by atoms with Gasteiger partial charge < -0.3 is 4.52 Å². The SMILES string of the molecule is CCN(C)S(=O)(=O)N1CCN([n+]2cc(=N)o[n-]2)C(S(=O)(=O)c2cc(C)c3ccccc3c2)C1. The molecule has 1 fully saturated rings. The first-order valence-corrected chi connectivity index (χ1v) is 13.3. The largest absolute Gasteiger partial charge is 0.380 e. The van der Waals surface area contributed by atoms with Gasteiger partial charge in [-0.15, -0.1) is 0 Å². The van der Waals surface area contributed by atoms with Crippen LogP contribution in [0.1, 0.15) is 12.5 Å². The lowest BCUT2D eigenvalue weighted by atomic mass is 10.1. The van der Waals surface area contributed by atoms with Crippen LogP contribution >= 0.6 is 0 Å². The van der Waals surface area contributed by atoms with Gasteiger partial charge in [0.2, 0.25) is 0 Å². The zero-order valence-corrected chi connectivity index (χ0v) is 20.2. The van der Waals surface area contributed by atoms with Crippen molar-refractivity contribution in [1.29, 1.82) is 5.41 Å². The standard InChI is InChI=1S/C20H26N6O5S2/c1-4-23(3)33(29,30)24-9-10-25(26-13-19(21)31-22-26)20(14-24)32(27,28)17-11-15(2)18-8-6-5-7-16(18)12-17/h5-8,11-13,20-21H,4,9-10,14H2,1-3H3. The number of piperazine rings is 1. The molecule has 178 valence electrons. The Kier molecular flexibility index (Phi) is 6.07. The molecule has 1 aliphatic heterocycles. The quantitative estimate of drug-likeness (QED) is 0.466. The van der Waals surface area contributed by atoms with E-state index in [1.54, 1.807) is 19.1 Å². The number of fused-ring (bicyclic) bond motifs is 1. The predicted molar refractivity (Wildman–Crippen MR) is 120 cm³/mol. The minimum absolute atomic E-state index is 0.0455. The van der Waals surface area contributed by atoms with E-state index in [2.05, 4.69) is 5.27 Å². The van der Waals surface area contributed by atoms with Gasteiger partial charge >= 0.3 is 0 Å². The minimum atomic E-state index is -4.05. The lowest BCUT2D eigenvalue weighted by molar-refractivity contribution is -0.765. The second-order valence-corrected chi connectivity index (χ2v) is 12.0. The van der Waals surface area contributed by atoms with Crippen molar-refractivity contribution in [1.82, 2.24) is 13.9 Å². The maximum Gasteiger partial charge on any atom is 0.286 e. The Bertz CT molecular complexity index is 1450. The Labute approximate surface area is 192 Å². The van der Waals surface area contributed by atoms with Gasteiger partial charge in [-0.3, -0.25) is 10.4 Å². The van der Waals surface area contributed by atoms with E-state index in [-0.39, 0.29) is 36.6 Å². The summed E-state index contributed by atoms with van der Waals surface area (Å²) in [4.78, 5) is 1.25. The van der Waals surface area contributed by atoms with Crippen LogP contribution in [-0.4, -0.2) is 64.0 Å². The summed E-state index contributed by atoms with van der Waals surface area (Å²) in [5.74, 6) is 0. The molecule has 1 atom stereocenters. The van der Waals surface area contributed by atoms with Crippen LogP contribution < -0.4 is 20.6 Å². The molecule has 0 amide bonds. The molecular weight excluding hydrogens is 468 g/mol. The van der Waals surface area contributed by atoms with Crippen LogP contribution in [0.15, 0.2) is 52.0 Å². The van der Waals surface area contributed by atoms with Gasteiger partial charge in [0.25, 0.3) is 22.0 Å². The molecule has 2 aromatic carbocycles. The third-order valence-electron chi connectivity index (χ3n) is 5.88. The first-order valence-electron chi connectivity index (χ1n) is 10.4. The smallest absolute Gasteiger partial charge is 0.286 e. The van der Waals surface area contributed by atoms with E-state index >= 15 is 0 Å². The van der Waals surface area contributed by atoms with Crippen molar-refractivity contribution in [3.05, 3.63) is 53.7 Å². The second kappa shape index (κ2) is 8.56. The van der Waals surface area contributed by atoms with Crippen LogP contribution in [0.5, 0.6) is 0 Å². The molecule has 1 unspecified atom stereocenters. The fourth-order valence-corrected chi connectivity index (χ4v) is 7.23. The molecule has 1 saturated heterocycles. The van der Waals surface area contributed by atoms with Crippen molar-refractivity contribution in [2.24, 2.45) is 0 Å². The van der Waals surface area contributed by atoms with Gasteiger partial charge in [-0.1, -0.05) is 36.0 Å². The monoisotopic (exact) mass is 494 g/mol. The van der Waals surface area contributed by atoms with Crippen molar-refractivity contribution in [2.45, 2.75) is 24.1 Å². The molecule has 4 rings (SSSR count). The highest BCUT2D eigenvalue weighted by Crippen LogP contribution is 2.28. The normalized spacial score (nSPS) is 18.3. The van der Waals surface area contributed by atoms with Crippen LogP contribution in [-0.2, 0) is 20.0 Å². The summed E-state index contributed by atoms with van der Waals surface area (Å²) in [7, 11) is -6.44. The summed E-state index contributed by atoms with van der Waals surface area (Å²) in [6.07, 6.45) is 1.25. The molecular formula is C20H26N6O5S2. The van der Waals surface area contributed by atoms with Crippen molar-refractivity contribution in [3.8, 4) is 0 Å². The number of sulfone groups is 1. The van der Waals surface area contributed by atoms with Crippen molar-refractivity contribution < 1.29 is 26.1 Å². The van der Waals surface area contributed by atoms with Crippen LogP contribution in [0.4, 0.5) is 0 Å². The molecule has 1 aliphatic rings. The van der Waals surface area contributed by atoms with E-state index in [0.717, 1.165) is 21.1 Å². The van der Waals surface area contributed by atoms with Gasteiger partial charge in [-0.05, 0) is 40.7 Å². The number of aryl methyl sites for hydroxylation is 1. The van der Waals surface area contributed by atoms with Gasteiger partial charge in [-0.25, -0.2) is 8.42 Å². The summed E-state index contributed by atoms with van der Waals surface area (Å²) < 4.78 is 60.9. The van der Waals surface area contributed by atoms with Gasteiger partial charge in [0.15, 0.2) is 9.84 Å². The highest BCUT2D eigenvalue weighted by Gasteiger charge is 2.42.